The Bertz CT molecular complexity index is 260. The van der Waals surface area contributed by atoms with Crippen molar-refractivity contribution in [3.8, 4) is 0 Å². The second kappa shape index (κ2) is 8.07. The second-order valence-electron chi connectivity index (χ2n) is 4.93. The monoisotopic (exact) mass is 249 g/mol. The summed E-state index contributed by atoms with van der Waals surface area (Å²) in [7, 11) is -0.825. The molecule has 0 bridgehead atoms. The fourth-order valence-corrected chi connectivity index (χ4v) is 2.89. The zero-order valence-corrected chi connectivity index (χ0v) is 11.9. The second-order valence-corrected chi connectivity index (χ2v) is 7.40. The van der Waals surface area contributed by atoms with Crippen molar-refractivity contribution in [3.05, 3.63) is 0 Å². The molecule has 0 saturated heterocycles. The van der Waals surface area contributed by atoms with Crippen LogP contribution in [0.3, 0.4) is 0 Å². The minimum Gasteiger partial charge on any atom is -0.319 e. The molecule has 16 heavy (non-hydrogen) atoms. The Morgan fingerprint density at radius 1 is 1.25 bits per heavy atom. The molecule has 4 heteroatoms. The number of sulfone groups is 1. The highest BCUT2D eigenvalue weighted by atomic mass is 32.2. The molecule has 0 aliphatic rings. The van der Waals surface area contributed by atoms with E-state index >= 15 is 0 Å². The lowest BCUT2D eigenvalue weighted by Gasteiger charge is -2.18. The minimum atomic E-state index is -2.78. The van der Waals surface area contributed by atoms with Crippen LogP contribution in [-0.4, -0.2) is 33.5 Å². The maximum absolute atomic E-state index is 11.3. The molecule has 0 spiro atoms. The standard InChI is InChI=1S/C12H27NO2S/c1-5-16(14,15)8-6-7-12(10-13-4)9-11(2)3/h11-13H,5-10H2,1-4H3. The summed E-state index contributed by atoms with van der Waals surface area (Å²) < 4.78 is 22.7. The van der Waals surface area contributed by atoms with Crippen molar-refractivity contribution >= 4 is 9.84 Å². The molecule has 0 fully saturated rings. The maximum atomic E-state index is 11.3. The molecule has 0 aromatic rings. The van der Waals surface area contributed by atoms with E-state index in [1.54, 1.807) is 6.92 Å². The van der Waals surface area contributed by atoms with E-state index < -0.39 is 9.84 Å². The van der Waals surface area contributed by atoms with Crippen LogP contribution in [0.15, 0.2) is 0 Å². The highest BCUT2D eigenvalue weighted by Gasteiger charge is 2.12. The molecule has 0 heterocycles. The molecule has 1 N–H and O–H groups in total. The normalized spacial score (nSPS) is 14.3. The van der Waals surface area contributed by atoms with E-state index in [9.17, 15) is 8.42 Å². The summed E-state index contributed by atoms with van der Waals surface area (Å²) in [6.07, 6.45) is 2.99. The van der Waals surface area contributed by atoms with Gasteiger partial charge in [0.25, 0.3) is 0 Å². The third kappa shape index (κ3) is 8.11. The van der Waals surface area contributed by atoms with Crippen molar-refractivity contribution in [1.82, 2.24) is 5.32 Å². The fourth-order valence-electron chi connectivity index (χ4n) is 1.99. The first-order valence-electron chi connectivity index (χ1n) is 6.26. The maximum Gasteiger partial charge on any atom is 0.150 e. The van der Waals surface area contributed by atoms with Gasteiger partial charge in [-0.05, 0) is 44.7 Å². The van der Waals surface area contributed by atoms with Gasteiger partial charge in [0, 0.05) is 5.75 Å². The summed E-state index contributed by atoms with van der Waals surface area (Å²) in [6.45, 7) is 7.13. The van der Waals surface area contributed by atoms with Crippen LogP contribution in [0.2, 0.25) is 0 Å². The molecule has 0 aliphatic heterocycles. The van der Waals surface area contributed by atoms with Crippen molar-refractivity contribution < 1.29 is 8.42 Å². The molecule has 0 amide bonds. The van der Waals surface area contributed by atoms with E-state index in [0.29, 0.717) is 17.6 Å². The lowest BCUT2D eigenvalue weighted by atomic mass is 9.93. The van der Waals surface area contributed by atoms with Gasteiger partial charge >= 0.3 is 0 Å². The van der Waals surface area contributed by atoms with E-state index in [1.807, 2.05) is 7.05 Å². The topological polar surface area (TPSA) is 46.2 Å². The zero-order valence-electron chi connectivity index (χ0n) is 11.1. The van der Waals surface area contributed by atoms with Crippen LogP contribution in [-0.2, 0) is 9.84 Å². The summed E-state index contributed by atoms with van der Waals surface area (Å²) in [5, 5.41) is 3.19. The van der Waals surface area contributed by atoms with Crippen LogP contribution in [0.4, 0.5) is 0 Å². The van der Waals surface area contributed by atoms with Crippen molar-refractivity contribution in [1.29, 1.82) is 0 Å². The Kier molecular flexibility index (Phi) is 8.02. The quantitative estimate of drug-likeness (QED) is 0.680. The number of nitrogens with one attached hydrogen (secondary N) is 1. The van der Waals surface area contributed by atoms with E-state index in [-0.39, 0.29) is 5.75 Å². The third-order valence-corrected chi connectivity index (χ3v) is 4.60. The smallest absolute Gasteiger partial charge is 0.150 e. The molecule has 0 rings (SSSR count). The van der Waals surface area contributed by atoms with E-state index in [4.69, 9.17) is 0 Å². The van der Waals surface area contributed by atoms with Gasteiger partial charge in [0.05, 0.1) is 5.75 Å². The first-order valence-corrected chi connectivity index (χ1v) is 8.08. The van der Waals surface area contributed by atoms with Crippen molar-refractivity contribution in [2.75, 3.05) is 25.1 Å². The summed E-state index contributed by atoms with van der Waals surface area (Å²) in [6, 6.07) is 0. The molecule has 0 radical (unpaired) electrons. The van der Waals surface area contributed by atoms with Crippen LogP contribution >= 0.6 is 0 Å². The molecule has 98 valence electrons. The lowest BCUT2D eigenvalue weighted by Crippen LogP contribution is -2.21. The van der Waals surface area contributed by atoms with Crippen LogP contribution in [0.25, 0.3) is 0 Å². The summed E-state index contributed by atoms with van der Waals surface area (Å²) in [5.74, 6) is 1.91. The largest absolute Gasteiger partial charge is 0.319 e. The average Bonchev–Trinajstić information content (AvgIpc) is 2.17. The molecular weight excluding hydrogens is 222 g/mol. The van der Waals surface area contributed by atoms with Crippen LogP contribution < -0.4 is 5.32 Å². The Balaban J connectivity index is 3.93. The SMILES string of the molecule is CCS(=O)(=O)CCCC(CNC)CC(C)C. The van der Waals surface area contributed by atoms with Crippen LogP contribution in [0.5, 0.6) is 0 Å². The summed E-state index contributed by atoms with van der Waals surface area (Å²) >= 11 is 0. The Morgan fingerprint density at radius 2 is 1.88 bits per heavy atom. The van der Waals surface area contributed by atoms with Gasteiger partial charge in [-0.15, -0.1) is 0 Å². The Hall–Kier alpha value is -0.0900. The number of hydrogen-bond acceptors (Lipinski definition) is 3. The Morgan fingerprint density at radius 3 is 2.31 bits per heavy atom. The molecule has 1 atom stereocenters. The highest BCUT2D eigenvalue weighted by Crippen LogP contribution is 2.17. The van der Waals surface area contributed by atoms with Gasteiger partial charge in [0.1, 0.15) is 9.84 Å². The van der Waals surface area contributed by atoms with Gasteiger partial charge in [-0.2, -0.15) is 0 Å². The molecular formula is C12H27NO2S. The molecule has 0 aromatic carbocycles. The Labute approximate surface area is 101 Å². The van der Waals surface area contributed by atoms with Gasteiger partial charge in [0.15, 0.2) is 0 Å². The van der Waals surface area contributed by atoms with Crippen molar-refractivity contribution in [2.45, 2.75) is 40.0 Å². The zero-order chi connectivity index (χ0) is 12.6. The summed E-state index contributed by atoms with van der Waals surface area (Å²) in [5.41, 5.74) is 0. The van der Waals surface area contributed by atoms with E-state index in [1.165, 1.54) is 6.42 Å². The lowest BCUT2D eigenvalue weighted by molar-refractivity contribution is 0.372. The predicted octanol–water partition coefficient (Wildman–Crippen LogP) is 2.08. The van der Waals surface area contributed by atoms with E-state index in [0.717, 1.165) is 19.4 Å². The molecule has 0 aliphatic carbocycles. The van der Waals surface area contributed by atoms with Crippen molar-refractivity contribution in [2.24, 2.45) is 11.8 Å². The van der Waals surface area contributed by atoms with Gasteiger partial charge in [0.2, 0.25) is 0 Å². The number of rotatable bonds is 9. The van der Waals surface area contributed by atoms with Crippen molar-refractivity contribution in [3.63, 3.8) is 0 Å². The number of hydrogen-bond donors (Lipinski definition) is 1. The van der Waals surface area contributed by atoms with E-state index in [2.05, 4.69) is 19.2 Å². The molecule has 3 nitrogen and oxygen atoms in total. The van der Waals surface area contributed by atoms with Gasteiger partial charge in [-0.1, -0.05) is 20.8 Å². The van der Waals surface area contributed by atoms with Gasteiger partial charge in [-0.25, -0.2) is 8.42 Å². The fraction of sp³-hybridized carbons (Fsp3) is 1.00. The minimum absolute atomic E-state index is 0.272. The first-order chi connectivity index (χ1) is 7.41. The first kappa shape index (κ1) is 15.9. The average molecular weight is 249 g/mol. The molecule has 0 saturated carbocycles. The molecule has 0 aromatic heterocycles. The van der Waals surface area contributed by atoms with Crippen LogP contribution in [0.1, 0.15) is 40.0 Å². The summed E-state index contributed by atoms with van der Waals surface area (Å²) in [4.78, 5) is 0. The third-order valence-electron chi connectivity index (χ3n) is 2.81. The van der Waals surface area contributed by atoms with Gasteiger partial charge in [-0.3, -0.25) is 0 Å². The molecule has 1 unspecified atom stereocenters. The predicted molar refractivity (Wildman–Crippen MR) is 70.4 cm³/mol. The van der Waals surface area contributed by atoms with Gasteiger partial charge < -0.3 is 5.32 Å². The van der Waals surface area contributed by atoms with Crippen LogP contribution in [0, 0.1) is 11.8 Å². The highest BCUT2D eigenvalue weighted by molar-refractivity contribution is 7.91.